The predicted molar refractivity (Wildman–Crippen MR) is 71.6 cm³/mol. The third-order valence-corrected chi connectivity index (χ3v) is 3.35. The highest BCUT2D eigenvalue weighted by molar-refractivity contribution is 5.31. The van der Waals surface area contributed by atoms with E-state index >= 15 is 0 Å². The molecule has 1 aromatic rings. The van der Waals surface area contributed by atoms with Crippen molar-refractivity contribution in [1.82, 2.24) is 14.9 Å². The second-order valence-corrected chi connectivity index (χ2v) is 4.78. The number of ether oxygens (including phenoxy) is 1. The molecule has 0 radical (unpaired) electrons. The Morgan fingerprint density at radius 3 is 3.28 bits per heavy atom. The Balaban J connectivity index is 1.64. The summed E-state index contributed by atoms with van der Waals surface area (Å²) in [6.07, 6.45) is 5.74. The molecule has 2 rings (SSSR count). The SMILES string of the molecule is COCCCN1CCC(CNc2ccncn2)C1. The highest BCUT2D eigenvalue weighted by atomic mass is 16.5. The van der Waals surface area contributed by atoms with Crippen LogP contribution in [0.15, 0.2) is 18.6 Å². The van der Waals surface area contributed by atoms with Crippen LogP contribution in [0.4, 0.5) is 5.82 Å². The Morgan fingerprint density at radius 1 is 1.56 bits per heavy atom. The van der Waals surface area contributed by atoms with Gasteiger partial charge in [-0.1, -0.05) is 0 Å². The van der Waals surface area contributed by atoms with Gasteiger partial charge in [-0.3, -0.25) is 0 Å². The van der Waals surface area contributed by atoms with E-state index in [-0.39, 0.29) is 0 Å². The van der Waals surface area contributed by atoms with Gasteiger partial charge in [0.05, 0.1) is 0 Å². The minimum absolute atomic E-state index is 0.725. The lowest BCUT2D eigenvalue weighted by molar-refractivity contribution is 0.178. The van der Waals surface area contributed by atoms with Crippen molar-refractivity contribution in [2.24, 2.45) is 5.92 Å². The molecule has 0 amide bonds. The van der Waals surface area contributed by atoms with Gasteiger partial charge >= 0.3 is 0 Å². The van der Waals surface area contributed by atoms with Crippen LogP contribution in [-0.2, 0) is 4.74 Å². The van der Waals surface area contributed by atoms with Gasteiger partial charge < -0.3 is 15.0 Å². The Labute approximate surface area is 109 Å². The van der Waals surface area contributed by atoms with Gasteiger partial charge in [-0.05, 0) is 31.4 Å². The molecule has 1 aliphatic heterocycles. The fourth-order valence-corrected chi connectivity index (χ4v) is 2.36. The lowest BCUT2D eigenvalue weighted by Gasteiger charge is -2.16. The smallest absolute Gasteiger partial charge is 0.129 e. The van der Waals surface area contributed by atoms with E-state index in [2.05, 4.69) is 20.2 Å². The highest BCUT2D eigenvalue weighted by Gasteiger charge is 2.21. The third kappa shape index (κ3) is 4.23. The number of rotatable bonds is 7. The van der Waals surface area contributed by atoms with Gasteiger partial charge in [0.15, 0.2) is 0 Å². The molecule has 5 heteroatoms. The molecule has 2 heterocycles. The van der Waals surface area contributed by atoms with Gasteiger partial charge in [-0.25, -0.2) is 9.97 Å². The summed E-state index contributed by atoms with van der Waals surface area (Å²) in [5.74, 6) is 1.64. The number of aromatic nitrogens is 2. The first-order chi connectivity index (χ1) is 8.88. The zero-order chi connectivity index (χ0) is 12.6. The normalized spacial score (nSPS) is 20.2. The quantitative estimate of drug-likeness (QED) is 0.738. The summed E-state index contributed by atoms with van der Waals surface area (Å²) >= 11 is 0. The minimum Gasteiger partial charge on any atom is -0.385 e. The van der Waals surface area contributed by atoms with Crippen molar-refractivity contribution in [1.29, 1.82) is 0 Å². The Bertz CT molecular complexity index is 333. The fourth-order valence-electron chi connectivity index (χ4n) is 2.36. The van der Waals surface area contributed by atoms with E-state index in [1.807, 2.05) is 6.07 Å². The summed E-state index contributed by atoms with van der Waals surface area (Å²) in [4.78, 5) is 10.6. The molecule has 1 aromatic heterocycles. The molecule has 0 aliphatic carbocycles. The molecule has 1 unspecified atom stereocenters. The summed E-state index contributed by atoms with van der Waals surface area (Å²) in [6, 6.07) is 1.91. The topological polar surface area (TPSA) is 50.3 Å². The van der Waals surface area contributed by atoms with Crippen molar-refractivity contribution in [3.8, 4) is 0 Å². The molecule has 1 aliphatic rings. The number of hydrogen-bond donors (Lipinski definition) is 1. The molecule has 5 nitrogen and oxygen atoms in total. The van der Waals surface area contributed by atoms with E-state index < -0.39 is 0 Å². The van der Waals surface area contributed by atoms with Crippen LogP contribution in [0.25, 0.3) is 0 Å². The summed E-state index contributed by atoms with van der Waals surface area (Å²) in [6.45, 7) is 5.40. The van der Waals surface area contributed by atoms with Crippen LogP contribution in [0.1, 0.15) is 12.8 Å². The summed E-state index contributed by atoms with van der Waals surface area (Å²) in [7, 11) is 1.76. The molecule has 1 N–H and O–H groups in total. The van der Waals surface area contributed by atoms with Gasteiger partial charge in [0, 0.05) is 39.5 Å². The lowest BCUT2D eigenvalue weighted by atomic mass is 10.1. The molecule has 1 saturated heterocycles. The van der Waals surface area contributed by atoms with E-state index in [0.29, 0.717) is 0 Å². The monoisotopic (exact) mass is 250 g/mol. The maximum atomic E-state index is 5.08. The van der Waals surface area contributed by atoms with Crippen molar-refractivity contribution in [2.45, 2.75) is 12.8 Å². The largest absolute Gasteiger partial charge is 0.385 e. The van der Waals surface area contributed by atoms with Crippen molar-refractivity contribution >= 4 is 5.82 Å². The Hall–Kier alpha value is -1.20. The summed E-state index contributed by atoms with van der Waals surface area (Å²) < 4.78 is 5.08. The second kappa shape index (κ2) is 7.28. The first-order valence-corrected chi connectivity index (χ1v) is 6.59. The third-order valence-electron chi connectivity index (χ3n) is 3.35. The number of hydrogen-bond acceptors (Lipinski definition) is 5. The first-order valence-electron chi connectivity index (χ1n) is 6.59. The Morgan fingerprint density at radius 2 is 2.50 bits per heavy atom. The molecule has 100 valence electrons. The standard InChI is InChI=1S/C13H22N4O/c1-18-8-2-6-17-7-4-12(10-17)9-15-13-3-5-14-11-16-13/h3,5,11-12H,2,4,6-10H2,1H3,(H,14,15,16). The lowest BCUT2D eigenvalue weighted by Crippen LogP contribution is -2.24. The highest BCUT2D eigenvalue weighted by Crippen LogP contribution is 2.16. The molecule has 1 fully saturated rings. The maximum Gasteiger partial charge on any atom is 0.129 e. The van der Waals surface area contributed by atoms with Gasteiger partial charge in [0.25, 0.3) is 0 Å². The first kappa shape index (κ1) is 13.2. The van der Waals surface area contributed by atoms with Crippen LogP contribution >= 0.6 is 0 Å². The summed E-state index contributed by atoms with van der Waals surface area (Å²) in [5.41, 5.74) is 0. The molecule has 1 atom stereocenters. The zero-order valence-corrected chi connectivity index (χ0v) is 11.0. The number of nitrogens with one attached hydrogen (secondary N) is 1. The van der Waals surface area contributed by atoms with Crippen LogP contribution < -0.4 is 5.32 Å². The number of methoxy groups -OCH3 is 1. The second-order valence-electron chi connectivity index (χ2n) is 4.78. The average molecular weight is 250 g/mol. The molecule has 0 bridgehead atoms. The predicted octanol–water partition coefficient (Wildman–Crippen LogP) is 1.25. The van der Waals surface area contributed by atoms with Gasteiger partial charge in [-0.2, -0.15) is 0 Å². The van der Waals surface area contributed by atoms with E-state index in [4.69, 9.17) is 4.74 Å². The van der Waals surface area contributed by atoms with Crippen molar-refractivity contribution in [3.05, 3.63) is 18.6 Å². The average Bonchev–Trinajstić information content (AvgIpc) is 2.86. The minimum atomic E-state index is 0.725. The molecule has 0 spiro atoms. The van der Waals surface area contributed by atoms with Crippen LogP contribution in [-0.4, -0.2) is 54.8 Å². The van der Waals surface area contributed by atoms with Crippen LogP contribution in [0.2, 0.25) is 0 Å². The molecular weight excluding hydrogens is 228 g/mol. The van der Waals surface area contributed by atoms with Crippen molar-refractivity contribution in [2.75, 3.05) is 45.2 Å². The van der Waals surface area contributed by atoms with Crippen LogP contribution in [0, 0.1) is 5.92 Å². The van der Waals surface area contributed by atoms with E-state index in [9.17, 15) is 0 Å². The zero-order valence-electron chi connectivity index (χ0n) is 11.0. The van der Waals surface area contributed by atoms with Gasteiger partial charge in [-0.15, -0.1) is 0 Å². The Kier molecular flexibility index (Phi) is 5.36. The molecule has 0 aromatic carbocycles. The van der Waals surface area contributed by atoms with Crippen molar-refractivity contribution in [3.63, 3.8) is 0 Å². The van der Waals surface area contributed by atoms with E-state index in [1.54, 1.807) is 19.6 Å². The van der Waals surface area contributed by atoms with Crippen LogP contribution in [0.5, 0.6) is 0 Å². The molecule has 18 heavy (non-hydrogen) atoms. The van der Waals surface area contributed by atoms with Gasteiger partial charge in [0.1, 0.15) is 12.1 Å². The number of anilines is 1. The summed E-state index contributed by atoms with van der Waals surface area (Å²) in [5, 5.41) is 3.37. The number of likely N-dealkylation sites (tertiary alicyclic amines) is 1. The van der Waals surface area contributed by atoms with Crippen LogP contribution in [0.3, 0.4) is 0 Å². The maximum absolute atomic E-state index is 5.08. The van der Waals surface area contributed by atoms with E-state index in [0.717, 1.165) is 37.9 Å². The number of nitrogens with zero attached hydrogens (tertiary/aromatic N) is 3. The fraction of sp³-hybridized carbons (Fsp3) is 0.692. The molecule has 0 saturated carbocycles. The van der Waals surface area contributed by atoms with E-state index in [1.165, 1.54) is 19.5 Å². The molecular formula is C13H22N4O. The van der Waals surface area contributed by atoms with Gasteiger partial charge in [0.2, 0.25) is 0 Å². The van der Waals surface area contributed by atoms with Crippen molar-refractivity contribution < 1.29 is 4.74 Å².